The predicted octanol–water partition coefficient (Wildman–Crippen LogP) is 2.70. The van der Waals surface area contributed by atoms with E-state index in [-0.39, 0.29) is 49.1 Å². The van der Waals surface area contributed by atoms with Gasteiger partial charge in [0.25, 0.3) is 0 Å². The number of benzene rings is 2. The van der Waals surface area contributed by atoms with Crippen molar-refractivity contribution < 1.29 is 19.2 Å². The molecule has 288 valence electrons. The van der Waals surface area contributed by atoms with Crippen molar-refractivity contribution in [1.29, 1.82) is 0 Å². The van der Waals surface area contributed by atoms with Gasteiger partial charge >= 0.3 is 0 Å². The Balaban J connectivity index is 1.42. The number of amides is 3. The molecule has 14 nitrogen and oxygen atoms in total. The van der Waals surface area contributed by atoms with E-state index in [1.807, 2.05) is 60.8 Å². The second-order valence-electron chi connectivity index (χ2n) is 14.1. The largest absolute Gasteiger partial charge is 0.370 e. The quantitative estimate of drug-likeness (QED) is 0.0684. The monoisotopic (exact) mass is 738 g/mol. The molecule has 0 bridgehead atoms. The molecule has 2 aromatic carbocycles. The summed E-state index contributed by atoms with van der Waals surface area (Å²) in [6, 6.07) is 14.6. The third-order valence-corrected chi connectivity index (χ3v) is 9.81. The number of guanidine groups is 1. The molecule has 1 aliphatic heterocycles. The molecule has 0 aliphatic carbocycles. The van der Waals surface area contributed by atoms with Gasteiger partial charge in [0.2, 0.25) is 17.7 Å². The Morgan fingerprint density at radius 2 is 1.48 bits per heavy atom. The number of fused-ring (bicyclic) bond motifs is 1. The van der Waals surface area contributed by atoms with E-state index in [0.717, 1.165) is 53.4 Å². The zero-order valence-corrected chi connectivity index (χ0v) is 30.8. The van der Waals surface area contributed by atoms with Crippen molar-refractivity contribution in [3.8, 4) is 0 Å². The number of hydrogen-bond donors (Lipinski definition) is 8. The molecule has 14 heteroatoms. The molecule has 3 amide bonds. The van der Waals surface area contributed by atoms with Crippen LogP contribution in [0.5, 0.6) is 0 Å². The Hall–Kier alpha value is -5.50. The van der Waals surface area contributed by atoms with Crippen LogP contribution in [0.15, 0.2) is 78.3 Å². The maximum Gasteiger partial charge on any atom is 0.243 e. The van der Waals surface area contributed by atoms with Crippen LogP contribution < -0.4 is 32.7 Å². The third kappa shape index (κ3) is 12.6. The normalized spacial score (nSPS) is 21.5. The molecule has 2 aromatic heterocycles. The van der Waals surface area contributed by atoms with Gasteiger partial charge in [0.05, 0.1) is 18.4 Å². The number of imidazole rings is 1. The molecule has 10 N–H and O–H groups in total. The van der Waals surface area contributed by atoms with Crippen molar-refractivity contribution in [2.45, 2.75) is 101 Å². The number of nitrogens with two attached hydrogens (primary N) is 2. The van der Waals surface area contributed by atoms with Crippen LogP contribution in [0.2, 0.25) is 0 Å². The van der Waals surface area contributed by atoms with Gasteiger partial charge in [-0.3, -0.25) is 24.2 Å². The highest BCUT2D eigenvalue weighted by molar-refractivity contribution is 5.94. The molecule has 1 aliphatic rings. The summed E-state index contributed by atoms with van der Waals surface area (Å²) in [6.07, 6.45) is 11.6. The van der Waals surface area contributed by atoms with Crippen molar-refractivity contribution in [2.24, 2.45) is 16.5 Å². The predicted molar refractivity (Wildman–Crippen MR) is 209 cm³/mol. The first-order valence-electron chi connectivity index (χ1n) is 19.0. The van der Waals surface area contributed by atoms with E-state index in [9.17, 15) is 19.2 Å². The lowest BCUT2D eigenvalue weighted by Gasteiger charge is -2.27. The standard InChI is InChI=1S/C40H54N10O4/c41-40(42)44-19-11-16-33-38(53)50-34(21-28-23-45-32-15-10-9-14-31(28)32)36(51)17-7-2-1-3-8-18-37(52)48-30(22-29-24-43-26-47-29)25-46-35(39(54)49-33)20-27-12-5-4-6-13-27/h4-6,9-10,12-15,23-24,26,30,33-35,45-46H,1-3,7-8,11,16-22,25H2,(H,43,47)(H,48,52)(H,49,54)(H,50,53)(H4,41,42,44)/t30-,33-,34-,35-/m0/s1. The highest BCUT2D eigenvalue weighted by Crippen LogP contribution is 2.20. The maximum absolute atomic E-state index is 14.2. The first-order valence-corrected chi connectivity index (χ1v) is 19.0. The molecular weight excluding hydrogens is 685 g/mol. The van der Waals surface area contributed by atoms with E-state index >= 15 is 0 Å². The first-order chi connectivity index (χ1) is 26.2. The highest BCUT2D eigenvalue weighted by atomic mass is 16.2. The number of rotatable bonds is 10. The minimum absolute atomic E-state index is 0.0620. The Morgan fingerprint density at radius 1 is 0.759 bits per heavy atom. The van der Waals surface area contributed by atoms with E-state index in [2.05, 4.69) is 41.2 Å². The second-order valence-corrected chi connectivity index (χ2v) is 14.1. The van der Waals surface area contributed by atoms with Gasteiger partial charge in [0.15, 0.2) is 11.7 Å². The zero-order valence-electron chi connectivity index (χ0n) is 30.8. The maximum atomic E-state index is 14.2. The van der Waals surface area contributed by atoms with Gasteiger partial charge in [-0.15, -0.1) is 0 Å². The van der Waals surface area contributed by atoms with E-state index in [1.54, 1.807) is 12.5 Å². The van der Waals surface area contributed by atoms with Gasteiger partial charge in [0.1, 0.15) is 6.04 Å². The molecule has 1 fully saturated rings. The van der Waals surface area contributed by atoms with Crippen molar-refractivity contribution >= 4 is 40.4 Å². The Labute approximate surface area is 316 Å². The Kier molecular flexibility index (Phi) is 15.2. The van der Waals surface area contributed by atoms with Gasteiger partial charge in [-0.25, -0.2) is 4.98 Å². The number of hydrogen-bond acceptors (Lipinski definition) is 7. The fraction of sp³-hybridized carbons (Fsp3) is 0.450. The van der Waals surface area contributed by atoms with Crippen LogP contribution in [-0.2, 0) is 38.4 Å². The van der Waals surface area contributed by atoms with E-state index in [1.165, 1.54) is 0 Å². The molecule has 3 heterocycles. The molecule has 0 unspecified atom stereocenters. The molecule has 0 radical (unpaired) electrons. The fourth-order valence-corrected chi connectivity index (χ4v) is 6.90. The summed E-state index contributed by atoms with van der Waals surface area (Å²) >= 11 is 0. The van der Waals surface area contributed by atoms with E-state index in [4.69, 9.17) is 11.5 Å². The molecule has 54 heavy (non-hydrogen) atoms. The number of carbonyl (C=O) groups excluding carboxylic acids is 4. The molecule has 4 atom stereocenters. The SMILES string of the molecule is NC(N)=NCCC[C@@H]1NC(=O)[C@H](Cc2ccccc2)NC[C@H](Cc2cnc[nH]2)NC(=O)CCCCCCCC(=O)[C@H](Cc2c[nH]c3ccccc23)NC1=O. The number of Topliss-reactive ketones (excluding diaryl/α,β-unsaturated/α-hetero) is 1. The average molecular weight is 739 g/mol. The number of aromatic nitrogens is 3. The smallest absolute Gasteiger partial charge is 0.243 e. The molecule has 1 saturated heterocycles. The summed E-state index contributed by atoms with van der Waals surface area (Å²) in [4.78, 5) is 69.9. The average Bonchev–Trinajstić information content (AvgIpc) is 3.83. The molecule has 0 spiro atoms. The fourth-order valence-electron chi connectivity index (χ4n) is 6.90. The van der Waals surface area contributed by atoms with Gasteiger partial charge in [-0.1, -0.05) is 67.8 Å². The summed E-state index contributed by atoms with van der Waals surface area (Å²) in [6.45, 7) is 0.554. The number of nitrogens with one attached hydrogen (secondary N) is 6. The van der Waals surface area contributed by atoms with Crippen LogP contribution in [0, 0.1) is 0 Å². The lowest BCUT2D eigenvalue weighted by atomic mass is 9.97. The second kappa shape index (κ2) is 20.7. The number of carbonyl (C=O) groups is 4. The Bertz CT molecular complexity index is 1820. The van der Waals surface area contributed by atoms with Crippen LogP contribution in [0.25, 0.3) is 10.9 Å². The third-order valence-electron chi connectivity index (χ3n) is 9.81. The molecule has 4 aromatic rings. The molecule has 0 saturated carbocycles. The summed E-state index contributed by atoms with van der Waals surface area (Å²) < 4.78 is 0. The van der Waals surface area contributed by atoms with Crippen molar-refractivity contribution in [3.63, 3.8) is 0 Å². The lowest BCUT2D eigenvalue weighted by Crippen LogP contribution is -2.57. The topological polar surface area (TPSA) is 225 Å². The number of nitrogens with zero attached hydrogens (tertiary/aromatic N) is 2. The van der Waals surface area contributed by atoms with Gasteiger partial charge in [-0.05, 0) is 49.3 Å². The number of para-hydroxylation sites is 1. The van der Waals surface area contributed by atoms with E-state index < -0.39 is 24.0 Å². The van der Waals surface area contributed by atoms with Crippen LogP contribution >= 0.6 is 0 Å². The molecular formula is C40H54N10O4. The van der Waals surface area contributed by atoms with Gasteiger partial charge < -0.3 is 42.7 Å². The first kappa shape index (κ1) is 39.7. The van der Waals surface area contributed by atoms with Gasteiger partial charge in [-0.2, -0.15) is 0 Å². The summed E-state index contributed by atoms with van der Waals surface area (Å²) in [7, 11) is 0. The number of H-pyrrole nitrogens is 2. The summed E-state index contributed by atoms with van der Waals surface area (Å²) in [5, 5.41) is 13.6. The van der Waals surface area contributed by atoms with Crippen molar-refractivity contribution in [2.75, 3.05) is 13.1 Å². The van der Waals surface area contributed by atoms with Crippen LogP contribution in [-0.4, -0.2) is 81.7 Å². The minimum Gasteiger partial charge on any atom is -0.370 e. The summed E-state index contributed by atoms with van der Waals surface area (Å²) in [5.41, 5.74) is 14.8. The zero-order chi connectivity index (χ0) is 38.1. The van der Waals surface area contributed by atoms with Crippen molar-refractivity contribution in [1.82, 2.24) is 36.2 Å². The van der Waals surface area contributed by atoms with Crippen molar-refractivity contribution in [3.05, 3.63) is 90.1 Å². The molecule has 5 rings (SSSR count). The van der Waals surface area contributed by atoms with Crippen LogP contribution in [0.4, 0.5) is 0 Å². The number of aliphatic imine (C=N–C) groups is 1. The number of ketones is 1. The summed E-state index contributed by atoms with van der Waals surface area (Å²) in [5.74, 6) is -1.04. The van der Waals surface area contributed by atoms with Gasteiger partial charge in [0, 0.05) is 73.8 Å². The highest BCUT2D eigenvalue weighted by Gasteiger charge is 2.30. The number of aromatic amines is 2. The minimum atomic E-state index is -0.976. The van der Waals surface area contributed by atoms with E-state index in [0.29, 0.717) is 44.9 Å². The van der Waals surface area contributed by atoms with Crippen LogP contribution in [0.1, 0.15) is 74.6 Å². The van der Waals surface area contributed by atoms with Crippen LogP contribution in [0.3, 0.4) is 0 Å². The lowest BCUT2D eigenvalue weighted by molar-refractivity contribution is -0.132. The Morgan fingerprint density at radius 3 is 2.26 bits per heavy atom.